The summed E-state index contributed by atoms with van der Waals surface area (Å²) in [7, 11) is 0. The van der Waals surface area contributed by atoms with Gasteiger partial charge in [-0.1, -0.05) is 98.8 Å². The van der Waals surface area contributed by atoms with Crippen molar-refractivity contribution in [3.63, 3.8) is 0 Å². The minimum Gasteiger partial charge on any atom is -0.508 e. The highest BCUT2D eigenvalue weighted by Gasteiger charge is 2.31. The van der Waals surface area contributed by atoms with Crippen molar-refractivity contribution in [1.82, 2.24) is 0 Å². The Morgan fingerprint density at radius 1 is 0.488 bits per heavy atom. The van der Waals surface area contributed by atoms with E-state index < -0.39 is 0 Å². The second-order valence-corrected chi connectivity index (χ2v) is 13.5. The Hall–Kier alpha value is -3.52. The Morgan fingerprint density at radius 3 is 1.23 bits per heavy atom. The molecule has 4 aromatic rings. The van der Waals surface area contributed by atoms with Gasteiger partial charge < -0.3 is 10.2 Å². The highest BCUT2D eigenvalue weighted by atomic mass is 16.3. The van der Waals surface area contributed by atoms with Crippen LogP contribution in [0, 0.1) is 11.8 Å². The fourth-order valence-electron chi connectivity index (χ4n) is 8.53. The van der Waals surface area contributed by atoms with Crippen LogP contribution in [0.15, 0.2) is 97.1 Å². The van der Waals surface area contributed by atoms with Crippen LogP contribution in [-0.4, -0.2) is 10.2 Å². The molecule has 2 saturated carbocycles. The third-order valence-electron chi connectivity index (χ3n) is 11.2. The average molecular weight is 573 g/mol. The van der Waals surface area contributed by atoms with Gasteiger partial charge in [0.05, 0.1) is 0 Å². The summed E-state index contributed by atoms with van der Waals surface area (Å²) in [5.74, 6) is 4.13. The highest BCUT2D eigenvalue weighted by Crippen LogP contribution is 2.47. The Bertz CT molecular complexity index is 1350. The smallest absolute Gasteiger partial charge is 0.119 e. The van der Waals surface area contributed by atoms with Crippen molar-refractivity contribution in [1.29, 1.82) is 0 Å². The second-order valence-electron chi connectivity index (χ2n) is 13.5. The van der Waals surface area contributed by atoms with Crippen LogP contribution in [0.5, 0.6) is 11.5 Å². The largest absolute Gasteiger partial charge is 0.508 e. The zero-order valence-corrected chi connectivity index (χ0v) is 26.0. The van der Waals surface area contributed by atoms with Crippen molar-refractivity contribution < 1.29 is 10.2 Å². The van der Waals surface area contributed by atoms with Gasteiger partial charge >= 0.3 is 0 Å². The standard InChI is InChI=1S/C41H48O2/c1-28(30-11-5-3-6-12-30)32-19-23-34(24-20-32)40-36(15-9-17-38(40)42)27-37-16-10-18-39(43)41(37)35-25-21-33(22-26-35)29(2)31-13-7-4-8-14-31/h3-18,28-29,32-35,42-43H,19-27H2,1-2H3. The maximum absolute atomic E-state index is 11.2. The number of hydrogen-bond acceptors (Lipinski definition) is 2. The van der Waals surface area contributed by atoms with Crippen LogP contribution in [0.3, 0.4) is 0 Å². The molecule has 2 nitrogen and oxygen atoms in total. The number of rotatable bonds is 8. The molecule has 0 aromatic heterocycles. The van der Waals surface area contributed by atoms with Gasteiger partial charge in [0.1, 0.15) is 11.5 Å². The van der Waals surface area contributed by atoms with Crippen molar-refractivity contribution in [2.75, 3.05) is 0 Å². The predicted octanol–water partition coefficient (Wildman–Crippen LogP) is 10.8. The van der Waals surface area contributed by atoms with Gasteiger partial charge in [-0.05, 0) is 128 Å². The summed E-state index contributed by atoms with van der Waals surface area (Å²) < 4.78 is 0. The van der Waals surface area contributed by atoms with Crippen LogP contribution in [0.1, 0.15) is 122 Å². The van der Waals surface area contributed by atoms with E-state index in [1.54, 1.807) is 0 Å². The van der Waals surface area contributed by atoms with E-state index in [1.165, 1.54) is 47.9 Å². The normalized spacial score (nSPS) is 23.9. The van der Waals surface area contributed by atoms with Crippen molar-refractivity contribution in [3.8, 4) is 11.5 Å². The zero-order chi connectivity index (χ0) is 29.8. The van der Waals surface area contributed by atoms with Gasteiger partial charge in [-0.25, -0.2) is 0 Å². The Morgan fingerprint density at radius 2 is 0.860 bits per heavy atom. The van der Waals surface area contributed by atoms with Crippen LogP contribution in [-0.2, 0) is 6.42 Å². The number of benzene rings is 4. The molecule has 2 atom stereocenters. The van der Waals surface area contributed by atoms with E-state index in [-0.39, 0.29) is 0 Å². The first kappa shape index (κ1) is 29.5. The SMILES string of the molecule is CC(c1ccccc1)C1CCC(c2c(O)cccc2Cc2cccc(O)c2C2CCC(C(C)c3ccccc3)CC2)CC1. The van der Waals surface area contributed by atoms with Gasteiger partial charge in [0, 0.05) is 11.1 Å². The van der Waals surface area contributed by atoms with Crippen LogP contribution in [0.25, 0.3) is 0 Å². The molecule has 0 amide bonds. The zero-order valence-electron chi connectivity index (χ0n) is 26.0. The number of phenols is 2. The molecule has 2 fully saturated rings. The quantitative estimate of drug-likeness (QED) is 0.220. The predicted molar refractivity (Wildman–Crippen MR) is 178 cm³/mol. The summed E-state index contributed by atoms with van der Waals surface area (Å²) in [5.41, 5.74) is 7.60. The van der Waals surface area contributed by atoms with E-state index in [2.05, 4.69) is 86.6 Å². The monoisotopic (exact) mass is 572 g/mol. The van der Waals surface area contributed by atoms with Crippen LogP contribution in [0.2, 0.25) is 0 Å². The third-order valence-corrected chi connectivity index (χ3v) is 11.2. The molecule has 0 radical (unpaired) electrons. The molecule has 43 heavy (non-hydrogen) atoms. The van der Waals surface area contributed by atoms with E-state index in [1.807, 2.05) is 24.3 Å². The summed E-state index contributed by atoms with van der Waals surface area (Å²) in [6, 6.07) is 34.0. The molecule has 0 bridgehead atoms. The summed E-state index contributed by atoms with van der Waals surface area (Å²) in [4.78, 5) is 0. The lowest BCUT2D eigenvalue weighted by atomic mass is 9.70. The summed E-state index contributed by atoms with van der Waals surface area (Å²) >= 11 is 0. The van der Waals surface area contributed by atoms with Crippen LogP contribution in [0.4, 0.5) is 0 Å². The van der Waals surface area contributed by atoms with E-state index >= 15 is 0 Å². The van der Waals surface area contributed by atoms with Crippen molar-refractivity contribution in [2.45, 2.75) is 95.3 Å². The van der Waals surface area contributed by atoms with E-state index in [0.717, 1.165) is 43.2 Å². The lowest BCUT2D eigenvalue weighted by Gasteiger charge is -2.34. The first-order valence-corrected chi connectivity index (χ1v) is 16.7. The number of aromatic hydroxyl groups is 2. The minimum absolute atomic E-state index is 0.381. The first-order chi connectivity index (χ1) is 21.0. The Balaban J connectivity index is 1.17. The topological polar surface area (TPSA) is 40.5 Å². The lowest BCUT2D eigenvalue weighted by molar-refractivity contribution is 0.286. The van der Waals surface area contributed by atoms with Gasteiger partial charge in [0.15, 0.2) is 0 Å². The van der Waals surface area contributed by atoms with E-state index in [4.69, 9.17) is 0 Å². The molecule has 0 saturated heterocycles. The molecule has 2 heteroatoms. The second kappa shape index (κ2) is 13.4. The summed E-state index contributed by atoms with van der Waals surface area (Å²) in [5, 5.41) is 22.3. The molecule has 6 rings (SSSR count). The molecule has 224 valence electrons. The fourth-order valence-corrected chi connectivity index (χ4v) is 8.53. The van der Waals surface area contributed by atoms with E-state index in [0.29, 0.717) is 47.0 Å². The number of hydrogen-bond donors (Lipinski definition) is 2. The van der Waals surface area contributed by atoms with Crippen molar-refractivity contribution >= 4 is 0 Å². The fraction of sp³-hybridized carbons (Fsp3) is 0.415. The lowest BCUT2D eigenvalue weighted by Crippen LogP contribution is -2.20. The highest BCUT2D eigenvalue weighted by molar-refractivity contribution is 5.49. The molecule has 0 heterocycles. The van der Waals surface area contributed by atoms with Crippen molar-refractivity contribution in [2.24, 2.45) is 11.8 Å². The van der Waals surface area contributed by atoms with Gasteiger partial charge in [-0.3, -0.25) is 0 Å². The molecular weight excluding hydrogens is 524 g/mol. The van der Waals surface area contributed by atoms with Crippen LogP contribution >= 0.6 is 0 Å². The maximum atomic E-state index is 11.2. The molecule has 4 aromatic carbocycles. The van der Waals surface area contributed by atoms with Gasteiger partial charge in [-0.15, -0.1) is 0 Å². The molecule has 2 N–H and O–H groups in total. The number of phenolic OH excluding ortho intramolecular Hbond substituents is 2. The average Bonchev–Trinajstić information content (AvgIpc) is 3.05. The van der Waals surface area contributed by atoms with Gasteiger partial charge in [-0.2, -0.15) is 0 Å². The van der Waals surface area contributed by atoms with Crippen LogP contribution < -0.4 is 0 Å². The molecule has 2 aliphatic carbocycles. The third kappa shape index (κ3) is 6.54. The molecule has 0 spiro atoms. The Kier molecular flexibility index (Phi) is 9.22. The maximum Gasteiger partial charge on any atom is 0.119 e. The minimum atomic E-state index is 0.381. The van der Waals surface area contributed by atoms with Crippen molar-refractivity contribution in [3.05, 3.63) is 130 Å². The molecule has 0 aliphatic heterocycles. The van der Waals surface area contributed by atoms with Gasteiger partial charge in [0.2, 0.25) is 0 Å². The molecular formula is C41H48O2. The first-order valence-electron chi connectivity index (χ1n) is 16.7. The van der Waals surface area contributed by atoms with Gasteiger partial charge in [0.25, 0.3) is 0 Å². The molecule has 2 unspecified atom stereocenters. The van der Waals surface area contributed by atoms with E-state index in [9.17, 15) is 10.2 Å². The molecule has 2 aliphatic rings. The Labute approximate surface area is 258 Å². The summed E-state index contributed by atoms with van der Waals surface area (Å²) in [6.07, 6.45) is 9.98. The summed E-state index contributed by atoms with van der Waals surface area (Å²) in [6.45, 7) is 4.76.